The van der Waals surface area contributed by atoms with Crippen LogP contribution in [0.2, 0.25) is 0 Å². The van der Waals surface area contributed by atoms with Crippen molar-refractivity contribution in [2.45, 2.75) is 13.2 Å². The van der Waals surface area contributed by atoms with Gasteiger partial charge in [-0.1, -0.05) is 15.9 Å². The Morgan fingerprint density at radius 2 is 2.03 bits per heavy atom. The minimum absolute atomic E-state index is 0.0558. The van der Waals surface area contributed by atoms with E-state index in [0.29, 0.717) is 23.2 Å². The molecule has 0 heterocycles. The van der Waals surface area contributed by atoms with Gasteiger partial charge in [0, 0.05) is 41.9 Å². The third kappa shape index (κ3) is 6.64. The molecule has 2 N–H and O–H groups in total. The molecule has 2 aromatic carbocycles. The van der Waals surface area contributed by atoms with Gasteiger partial charge >= 0.3 is 6.61 Å². The summed E-state index contributed by atoms with van der Waals surface area (Å²) in [4.78, 5) is 23.1. The van der Waals surface area contributed by atoms with E-state index in [0.717, 1.165) is 6.07 Å². The molecule has 0 aliphatic heterocycles. The Bertz CT molecular complexity index is 883. The van der Waals surface area contributed by atoms with E-state index in [4.69, 9.17) is 4.74 Å². The molecule has 0 aromatic heterocycles. The molecule has 0 aliphatic carbocycles. The van der Waals surface area contributed by atoms with Crippen molar-refractivity contribution in [1.82, 2.24) is 5.32 Å². The van der Waals surface area contributed by atoms with Gasteiger partial charge in [0.1, 0.15) is 11.4 Å². The molecule has 29 heavy (non-hydrogen) atoms. The van der Waals surface area contributed by atoms with E-state index >= 15 is 0 Å². The number of nitro benzene ring substituents is 1. The van der Waals surface area contributed by atoms with Crippen molar-refractivity contribution in [2.24, 2.45) is 0 Å². The highest BCUT2D eigenvalue weighted by Gasteiger charge is 2.18. The normalized spacial score (nSPS) is 10.7. The number of hydrogen-bond acceptors (Lipinski definition) is 6. The van der Waals surface area contributed by atoms with Gasteiger partial charge < -0.3 is 20.1 Å². The van der Waals surface area contributed by atoms with Crippen molar-refractivity contribution < 1.29 is 28.0 Å². The molecule has 0 unspecified atom stereocenters. The molecule has 0 spiro atoms. The molecule has 156 valence electrons. The van der Waals surface area contributed by atoms with E-state index in [1.807, 2.05) is 0 Å². The van der Waals surface area contributed by atoms with Crippen molar-refractivity contribution in [1.29, 1.82) is 0 Å². The number of carbonyl (C=O) groups is 1. The number of alkyl halides is 2. The summed E-state index contributed by atoms with van der Waals surface area (Å²) in [7, 11) is 1.51. The number of carbonyl (C=O) groups excluding carboxylic acids is 1. The van der Waals surface area contributed by atoms with E-state index in [9.17, 15) is 23.7 Å². The molecule has 2 rings (SSSR count). The van der Waals surface area contributed by atoms with Crippen molar-refractivity contribution in [3.05, 3.63) is 62.1 Å². The average molecular weight is 474 g/mol. The highest BCUT2D eigenvalue weighted by atomic mass is 79.9. The summed E-state index contributed by atoms with van der Waals surface area (Å²) in [6.07, 6.45) is 0. The van der Waals surface area contributed by atoms with Crippen LogP contribution in [-0.2, 0) is 11.3 Å². The van der Waals surface area contributed by atoms with Gasteiger partial charge in [-0.15, -0.1) is 0 Å². The van der Waals surface area contributed by atoms with Crippen molar-refractivity contribution in [3.63, 3.8) is 0 Å². The lowest BCUT2D eigenvalue weighted by Gasteiger charge is -2.12. The van der Waals surface area contributed by atoms with Crippen LogP contribution in [-0.4, -0.2) is 37.7 Å². The van der Waals surface area contributed by atoms with Gasteiger partial charge in [0.25, 0.3) is 11.6 Å². The lowest BCUT2D eigenvalue weighted by Crippen LogP contribution is -2.23. The minimum atomic E-state index is -3.01. The van der Waals surface area contributed by atoms with Crippen molar-refractivity contribution in [2.75, 3.05) is 25.6 Å². The predicted octanol–water partition coefficient (Wildman–Crippen LogP) is 3.95. The maximum atomic E-state index is 12.5. The van der Waals surface area contributed by atoms with Crippen LogP contribution in [0.25, 0.3) is 0 Å². The summed E-state index contributed by atoms with van der Waals surface area (Å²) in [6, 6.07) is 8.40. The summed E-state index contributed by atoms with van der Waals surface area (Å²) in [5.74, 6) is -0.674. The molecule has 0 radical (unpaired) electrons. The minimum Gasteiger partial charge on any atom is -0.434 e. The number of hydrogen-bond donors (Lipinski definition) is 2. The van der Waals surface area contributed by atoms with Gasteiger partial charge in [-0.2, -0.15) is 8.78 Å². The Labute approximate surface area is 173 Å². The van der Waals surface area contributed by atoms with Crippen LogP contribution in [0.4, 0.5) is 20.2 Å². The summed E-state index contributed by atoms with van der Waals surface area (Å²) >= 11 is 3.23. The third-order valence-electron chi connectivity index (χ3n) is 3.76. The lowest BCUT2D eigenvalue weighted by molar-refractivity contribution is -0.384. The molecule has 11 heteroatoms. The molecule has 0 atom stereocenters. The smallest absolute Gasteiger partial charge is 0.387 e. The topological polar surface area (TPSA) is 103 Å². The Balaban J connectivity index is 2.14. The molecule has 2 aromatic rings. The van der Waals surface area contributed by atoms with Crippen LogP contribution in [0, 0.1) is 10.1 Å². The van der Waals surface area contributed by atoms with E-state index in [1.54, 1.807) is 0 Å². The molecule has 0 bridgehead atoms. The number of rotatable bonds is 10. The van der Waals surface area contributed by atoms with E-state index in [-0.39, 0.29) is 29.2 Å². The SMILES string of the molecule is COCCNc1ccc(C(=O)NCc2cc(Br)ccc2OC(F)F)cc1[N+](=O)[O-]. The Morgan fingerprint density at radius 3 is 2.69 bits per heavy atom. The summed E-state index contributed by atoms with van der Waals surface area (Å²) in [6.45, 7) is -2.40. The fraction of sp³-hybridized carbons (Fsp3) is 0.278. The molecule has 0 saturated carbocycles. The second kappa shape index (κ2) is 10.7. The van der Waals surface area contributed by atoms with Gasteiger partial charge in [0.2, 0.25) is 0 Å². The number of nitrogens with zero attached hydrogens (tertiary/aromatic N) is 1. The van der Waals surface area contributed by atoms with E-state index < -0.39 is 17.4 Å². The number of benzene rings is 2. The Hall–Kier alpha value is -2.79. The molecule has 0 aliphatic rings. The Kier molecular flexibility index (Phi) is 8.28. The quantitative estimate of drug-likeness (QED) is 0.307. The first kappa shape index (κ1) is 22.5. The number of nitrogens with one attached hydrogen (secondary N) is 2. The van der Waals surface area contributed by atoms with E-state index in [1.165, 1.54) is 37.4 Å². The molecular weight excluding hydrogens is 456 g/mol. The molecular formula is C18H18BrF2N3O5. The molecule has 0 saturated heterocycles. The fourth-order valence-corrected chi connectivity index (χ4v) is 2.84. The highest BCUT2D eigenvalue weighted by molar-refractivity contribution is 9.10. The first-order chi connectivity index (χ1) is 13.8. The molecule has 8 nitrogen and oxygen atoms in total. The lowest BCUT2D eigenvalue weighted by atomic mass is 10.1. The van der Waals surface area contributed by atoms with Crippen LogP contribution in [0.15, 0.2) is 40.9 Å². The van der Waals surface area contributed by atoms with Gasteiger partial charge in [-0.3, -0.25) is 14.9 Å². The van der Waals surface area contributed by atoms with Crippen LogP contribution in [0.3, 0.4) is 0 Å². The second-order valence-electron chi connectivity index (χ2n) is 5.72. The largest absolute Gasteiger partial charge is 0.434 e. The zero-order chi connectivity index (χ0) is 21.4. The fourth-order valence-electron chi connectivity index (χ4n) is 2.44. The highest BCUT2D eigenvalue weighted by Crippen LogP contribution is 2.27. The Morgan fingerprint density at radius 1 is 1.28 bits per heavy atom. The molecule has 0 fully saturated rings. The summed E-state index contributed by atoms with van der Waals surface area (Å²) < 4.78 is 35.0. The van der Waals surface area contributed by atoms with Gasteiger partial charge in [-0.05, 0) is 30.3 Å². The standard InChI is InChI=1S/C18H18BrF2N3O5/c1-28-7-6-22-14-4-2-11(9-15(14)24(26)27)17(25)23-10-12-8-13(19)3-5-16(12)29-18(20)21/h2-5,8-9,18,22H,6-7,10H2,1H3,(H,23,25). The van der Waals surface area contributed by atoms with Gasteiger partial charge in [-0.25, -0.2) is 0 Å². The maximum absolute atomic E-state index is 12.5. The van der Waals surface area contributed by atoms with Crippen LogP contribution < -0.4 is 15.4 Å². The van der Waals surface area contributed by atoms with Crippen molar-refractivity contribution in [3.8, 4) is 5.75 Å². The summed E-state index contributed by atoms with van der Waals surface area (Å²) in [5.41, 5.74) is 0.363. The number of nitro groups is 1. The monoisotopic (exact) mass is 473 g/mol. The number of halogens is 3. The van der Waals surface area contributed by atoms with Crippen LogP contribution in [0.5, 0.6) is 5.75 Å². The number of methoxy groups -OCH3 is 1. The average Bonchev–Trinajstić information content (AvgIpc) is 2.67. The van der Waals surface area contributed by atoms with Gasteiger partial charge in [0.05, 0.1) is 11.5 Å². The first-order valence-electron chi connectivity index (χ1n) is 8.34. The zero-order valence-corrected chi connectivity index (χ0v) is 16.9. The number of anilines is 1. The second-order valence-corrected chi connectivity index (χ2v) is 6.64. The van der Waals surface area contributed by atoms with Crippen LogP contribution >= 0.6 is 15.9 Å². The maximum Gasteiger partial charge on any atom is 0.387 e. The molecule has 1 amide bonds. The predicted molar refractivity (Wildman–Crippen MR) is 105 cm³/mol. The van der Waals surface area contributed by atoms with Crippen molar-refractivity contribution >= 4 is 33.2 Å². The number of ether oxygens (including phenoxy) is 2. The number of amides is 1. The van der Waals surface area contributed by atoms with Crippen LogP contribution in [0.1, 0.15) is 15.9 Å². The zero-order valence-electron chi connectivity index (χ0n) is 15.3. The van der Waals surface area contributed by atoms with Gasteiger partial charge in [0.15, 0.2) is 0 Å². The summed E-state index contributed by atoms with van der Waals surface area (Å²) in [5, 5.41) is 16.7. The van der Waals surface area contributed by atoms with E-state index in [2.05, 4.69) is 31.3 Å². The third-order valence-corrected chi connectivity index (χ3v) is 4.25. The first-order valence-corrected chi connectivity index (χ1v) is 9.13.